The van der Waals surface area contributed by atoms with Crippen molar-refractivity contribution in [3.05, 3.63) is 152 Å². The van der Waals surface area contributed by atoms with E-state index in [-0.39, 0.29) is 29.5 Å². The van der Waals surface area contributed by atoms with Gasteiger partial charge in [0.1, 0.15) is 0 Å². The fourth-order valence-electron chi connectivity index (χ4n) is 3.85. The summed E-state index contributed by atoms with van der Waals surface area (Å²) in [5.74, 6) is -0.0538. The van der Waals surface area contributed by atoms with Crippen LogP contribution in [0, 0.1) is 0 Å². The van der Waals surface area contributed by atoms with Gasteiger partial charge in [-0.15, -0.1) is 0 Å². The number of carbonyl (C=O) groups is 2. The van der Waals surface area contributed by atoms with Gasteiger partial charge >= 0.3 is 216 Å². The van der Waals surface area contributed by atoms with Crippen LogP contribution in [-0.4, -0.2) is 11.6 Å². The number of carbonyl (C=O) groups excluding carboxylic acids is 2. The van der Waals surface area contributed by atoms with Crippen LogP contribution in [0.15, 0.2) is 129 Å². The first-order chi connectivity index (χ1) is 17.1. The summed E-state index contributed by atoms with van der Waals surface area (Å²) in [5, 5.41) is 0. The van der Waals surface area contributed by atoms with Crippen LogP contribution in [0.25, 0.3) is 11.1 Å². The molecule has 0 saturated heterocycles. The fourth-order valence-corrected chi connectivity index (χ4v) is 6.07. The molecule has 0 N–H and O–H groups in total. The summed E-state index contributed by atoms with van der Waals surface area (Å²) in [5.41, 5.74) is 5.62. The molecule has 0 unspecified atom stereocenters. The second-order valence-electron chi connectivity index (χ2n) is 7.97. The molecule has 0 aliphatic heterocycles. The summed E-state index contributed by atoms with van der Waals surface area (Å²) in [6, 6.07) is 39.8. The van der Waals surface area contributed by atoms with Crippen LogP contribution in [0.4, 0.5) is 0 Å². The number of rotatable bonds is 8. The first-order valence-electron chi connectivity index (χ1n) is 11.4. The van der Waals surface area contributed by atoms with Crippen molar-refractivity contribution in [2.45, 2.75) is 13.8 Å². The van der Waals surface area contributed by atoms with Crippen LogP contribution in [0.5, 0.6) is 0 Å². The first-order valence-corrected chi connectivity index (χ1v) is 12.9. The normalized spacial score (nSPS) is 10.5. The van der Waals surface area contributed by atoms with E-state index in [4.69, 9.17) is 0 Å². The molecule has 0 aromatic heterocycles. The van der Waals surface area contributed by atoms with Gasteiger partial charge in [-0.3, -0.25) is 0 Å². The second kappa shape index (κ2) is 11.7. The molecule has 0 bridgehead atoms. The maximum atomic E-state index is 13.2. The number of allylic oxidation sites excluding steroid dienone is 2. The van der Waals surface area contributed by atoms with E-state index in [2.05, 4.69) is 0 Å². The number of hydrogen-bond donors (Lipinski definition) is 0. The third-order valence-electron chi connectivity index (χ3n) is 5.39. The maximum absolute atomic E-state index is 13.2. The van der Waals surface area contributed by atoms with Crippen molar-refractivity contribution < 1.29 is 27.6 Å². The Hall–Kier alpha value is -3.64. The molecule has 3 heteroatoms. The summed E-state index contributed by atoms with van der Waals surface area (Å²) in [6.45, 7) is 3.20. The molecule has 35 heavy (non-hydrogen) atoms. The molecule has 0 aliphatic rings. The Morgan fingerprint density at radius 2 is 0.657 bits per heavy atom. The van der Waals surface area contributed by atoms with Crippen molar-refractivity contribution in [3.63, 3.8) is 0 Å². The third-order valence-corrected chi connectivity index (χ3v) is 8.04. The van der Waals surface area contributed by atoms with Crippen molar-refractivity contribution >= 4 is 22.7 Å². The Labute approximate surface area is 215 Å². The van der Waals surface area contributed by atoms with Crippen molar-refractivity contribution in [1.82, 2.24) is 0 Å². The number of ketones is 2. The van der Waals surface area contributed by atoms with Gasteiger partial charge in [-0.05, 0) is 0 Å². The van der Waals surface area contributed by atoms with Gasteiger partial charge in [0.15, 0.2) is 0 Å². The fraction of sp³-hybridized carbons (Fsp3) is 0.0625. The average molecular weight is 549 g/mol. The molecule has 0 amide bonds. The summed E-state index contributed by atoms with van der Waals surface area (Å²) in [7, 11) is 0. The van der Waals surface area contributed by atoms with Gasteiger partial charge in [-0.1, -0.05) is 0 Å². The molecular formula is C32H26O2Pd. The summed E-state index contributed by atoms with van der Waals surface area (Å²) >= 11 is -0.375. The van der Waals surface area contributed by atoms with Gasteiger partial charge in [0.05, 0.1) is 0 Å². The van der Waals surface area contributed by atoms with E-state index in [1.807, 2.05) is 121 Å². The SMILES string of the molecule is CC(=O)[C]([Pd][C](C(C)=O)=C(c1ccccc1)c1ccccc1)=C(c1ccccc1)c1ccccc1. The molecule has 176 valence electrons. The van der Waals surface area contributed by atoms with Crippen LogP contribution in [0.3, 0.4) is 0 Å². The van der Waals surface area contributed by atoms with Crippen LogP contribution >= 0.6 is 0 Å². The zero-order valence-corrected chi connectivity index (χ0v) is 21.2. The van der Waals surface area contributed by atoms with Gasteiger partial charge in [-0.25, -0.2) is 0 Å². The molecule has 0 atom stereocenters. The molecule has 0 radical (unpaired) electrons. The molecule has 4 aromatic carbocycles. The van der Waals surface area contributed by atoms with Crippen LogP contribution in [0.2, 0.25) is 0 Å². The van der Waals surface area contributed by atoms with E-state index >= 15 is 0 Å². The van der Waals surface area contributed by atoms with E-state index in [9.17, 15) is 9.59 Å². The molecule has 0 saturated carbocycles. The van der Waals surface area contributed by atoms with Gasteiger partial charge in [0.2, 0.25) is 0 Å². The molecule has 2 nitrogen and oxygen atoms in total. The summed E-state index contributed by atoms with van der Waals surface area (Å²) in [6.07, 6.45) is 0. The molecular weight excluding hydrogens is 523 g/mol. The Bertz CT molecular complexity index is 1180. The topological polar surface area (TPSA) is 34.1 Å². The molecule has 4 aromatic rings. The Kier molecular flexibility index (Phi) is 8.16. The zero-order valence-electron chi connectivity index (χ0n) is 19.7. The van der Waals surface area contributed by atoms with Crippen molar-refractivity contribution in [2.75, 3.05) is 0 Å². The standard InChI is InChI=1S/2C16H13O.Pd/c2*1-13(17)12-16(14-8-4-2-5-9-14)15-10-6-3-7-11-15;/h2*2-11H,1H3;. The molecule has 0 aliphatic carbocycles. The first kappa shape index (κ1) is 24.5. The van der Waals surface area contributed by atoms with Crippen molar-refractivity contribution in [3.8, 4) is 0 Å². The van der Waals surface area contributed by atoms with E-state index < -0.39 is 0 Å². The minimum absolute atomic E-state index is 0.0269. The Morgan fingerprint density at radius 1 is 0.429 bits per heavy atom. The van der Waals surface area contributed by atoms with Crippen LogP contribution < -0.4 is 0 Å². The van der Waals surface area contributed by atoms with E-state index in [0.29, 0.717) is 8.09 Å². The quantitative estimate of drug-likeness (QED) is 0.173. The Morgan fingerprint density at radius 3 is 0.857 bits per heavy atom. The van der Waals surface area contributed by atoms with Gasteiger partial charge in [0.25, 0.3) is 0 Å². The molecule has 0 spiro atoms. The van der Waals surface area contributed by atoms with Crippen LogP contribution in [-0.2, 0) is 27.6 Å². The van der Waals surface area contributed by atoms with Gasteiger partial charge in [-0.2, -0.15) is 0 Å². The number of benzene rings is 4. The molecule has 0 fully saturated rings. The number of hydrogen-bond acceptors (Lipinski definition) is 2. The predicted molar refractivity (Wildman–Crippen MR) is 139 cm³/mol. The summed E-state index contributed by atoms with van der Waals surface area (Å²) in [4.78, 5) is 26.4. The van der Waals surface area contributed by atoms with Crippen LogP contribution in [0.1, 0.15) is 36.1 Å². The van der Waals surface area contributed by atoms with E-state index in [0.717, 1.165) is 33.4 Å². The summed E-state index contributed by atoms with van der Waals surface area (Å²) < 4.78 is 1.34. The van der Waals surface area contributed by atoms with E-state index in [1.54, 1.807) is 13.8 Å². The van der Waals surface area contributed by atoms with Crippen molar-refractivity contribution in [2.24, 2.45) is 0 Å². The zero-order chi connectivity index (χ0) is 24.6. The molecule has 0 heterocycles. The molecule has 4 rings (SSSR count). The van der Waals surface area contributed by atoms with Crippen molar-refractivity contribution in [1.29, 1.82) is 0 Å². The van der Waals surface area contributed by atoms with Gasteiger partial charge < -0.3 is 0 Å². The monoisotopic (exact) mass is 548 g/mol. The Balaban J connectivity index is 2.02. The average Bonchev–Trinajstić information content (AvgIpc) is 2.90. The minimum atomic E-state index is -0.375. The third kappa shape index (κ3) is 5.90. The van der Waals surface area contributed by atoms with Gasteiger partial charge in [0, 0.05) is 0 Å². The second-order valence-corrected chi connectivity index (χ2v) is 9.92. The number of Topliss-reactive ketones (excluding diaryl/α,β-unsaturated/α-hetero) is 2. The predicted octanol–water partition coefficient (Wildman–Crippen LogP) is 7.17. The van der Waals surface area contributed by atoms with E-state index in [1.165, 1.54) is 0 Å².